The Hall–Kier alpha value is -2.38. The van der Waals surface area contributed by atoms with Crippen molar-refractivity contribution in [1.29, 1.82) is 0 Å². The molecule has 3 aromatic rings. The summed E-state index contributed by atoms with van der Waals surface area (Å²) in [6.45, 7) is 1.15. The second-order valence-electron chi connectivity index (χ2n) is 7.80. The van der Waals surface area contributed by atoms with Crippen LogP contribution in [0.5, 0.6) is 0 Å². The maximum atomic E-state index is 13.6. The fraction of sp³-hybridized carbons (Fsp3) is 0.280. The molecule has 8 heteroatoms. The minimum absolute atomic E-state index is 0.0504. The number of halogens is 2. The summed E-state index contributed by atoms with van der Waals surface area (Å²) in [5, 5.41) is 2.75. The summed E-state index contributed by atoms with van der Waals surface area (Å²) in [5.74, 6) is -0.395. The number of ether oxygens (including phenoxy) is 1. The summed E-state index contributed by atoms with van der Waals surface area (Å²) in [5.41, 5.74) is 2.60. The second-order valence-corrected chi connectivity index (χ2v) is 9.61. The fourth-order valence-electron chi connectivity index (χ4n) is 4.10. The molecule has 0 spiro atoms. The molecule has 0 saturated heterocycles. The number of methoxy groups -OCH3 is 1. The SMILES string of the molecule is COCCN(CC(=O)N1CCc2sccc2C1c1ccccc1)C(=O)c1ccc(Cl)c(Cl)c1. The highest BCUT2D eigenvalue weighted by molar-refractivity contribution is 7.10. The van der Waals surface area contributed by atoms with Gasteiger partial charge >= 0.3 is 0 Å². The molecular formula is C25H24Cl2N2O3S. The van der Waals surface area contributed by atoms with Crippen molar-refractivity contribution in [2.45, 2.75) is 12.5 Å². The molecule has 4 rings (SSSR count). The standard InChI is InChI=1S/C25H24Cl2N2O3S/c1-32-13-12-28(25(31)18-7-8-20(26)21(27)15-18)16-23(30)29-11-9-22-19(10-14-33-22)24(29)17-5-3-2-4-6-17/h2-8,10,14-15,24H,9,11-13,16H2,1H3. The zero-order valence-corrected chi connectivity index (χ0v) is 20.5. The highest BCUT2D eigenvalue weighted by atomic mass is 35.5. The molecule has 5 nitrogen and oxygen atoms in total. The summed E-state index contributed by atoms with van der Waals surface area (Å²) >= 11 is 13.8. The number of benzene rings is 2. The van der Waals surface area contributed by atoms with Gasteiger partial charge in [-0.3, -0.25) is 9.59 Å². The molecule has 33 heavy (non-hydrogen) atoms. The van der Waals surface area contributed by atoms with Crippen LogP contribution in [0.25, 0.3) is 0 Å². The molecule has 1 atom stereocenters. The smallest absolute Gasteiger partial charge is 0.254 e. The van der Waals surface area contributed by atoms with E-state index in [0.717, 1.165) is 17.5 Å². The summed E-state index contributed by atoms with van der Waals surface area (Å²) in [6.07, 6.45) is 0.806. The van der Waals surface area contributed by atoms with Crippen molar-refractivity contribution in [2.75, 3.05) is 33.4 Å². The van der Waals surface area contributed by atoms with E-state index in [1.54, 1.807) is 30.6 Å². The van der Waals surface area contributed by atoms with Crippen molar-refractivity contribution in [3.05, 3.63) is 91.6 Å². The molecular weight excluding hydrogens is 479 g/mol. The largest absolute Gasteiger partial charge is 0.383 e. The Kier molecular flexibility index (Phi) is 7.71. The maximum Gasteiger partial charge on any atom is 0.254 e. The molecule has 0 bridgehead atoms. The number of hydrogen-bond donors (Lipinski definition) is 0. The van der Waals surface area contributed by atoms with Crippen LogP contribution in [-0.2, 0) is 16.0 Å². The molecule has 1 aliphatic heterocycles. The molecule has 2 aromatic carbocycles. The lowest BCUT2D eigenvalue weighted by Gasteiger charge is -2.37. The first-order chi connectivity index (χ1) is 16.0. The number of hydrogen-bond acceptors (Lipinski definition) is 4. The van der Waals surface area contributed by atoms with E-state index in [1.807, 2.05) is 35.2 Å². The lowest BCUT2D eigenvalue weighted by molar-refractivity contribution is -0.134. The molecule has 2 heterocycles. The van der Waals surface area contributed by atoms with Gasteiger partial charge in [0.1, 0.15) is 6.54 Å². The Morgan fingerprint density at radius 2 is 1.91 bits per heavy atom. The van der Waals surface area contributed by atoms with Gasteiger partial charge in [0, 0.05) is 30.6 Å². The third-order valence-electron chi connectivity index (χ3n) is 5.75. The predicted molar refractivity (Wildman–Crippen MR) is 132 cm³/mol. The number of thiophene rings is 1. The van der Waals surface area contributed by atoms with Crippen molar-refractivity contribution in [3.63, 3.8) is 0 Å². The van der Waals surface area contributed by atoms with Crippen molar-refractivity contribution >= 4 is 46.4 Å². The molecule has 172 valence electrons. The van der Waals surface area contributed by atoms with Gasteiger partial charge in [0.15, 0.2) is 0 Å². The van der Waals surface area contributed by atoms with E-state index in [0.29, 0.717) is 28.8 Å². The van der Waals surface area contributed by atoms with E-state index in [-0.39, 0.29) is 30.9 Å². The van der Waals surface area contributed by atoms with E-state index >= 15 is 0 Å². The van der Waals surface area contributed by atoms with Gasteiger partial charge in [0.05, 0.1) is 22.7 Å². The van der Waals surface area contributed by atoms with Crippen LogP contribution < -0.4 is 0 Å². The molecule has 0 radical (unpaired) electrons. The Balaban J connectivity index is 1.60. The number of carbonyl (C=O) groups excluding carboxylic acids is 2. The fourth-order valence-corrected chi connectivity index (χ4v) is 5.30. The van der Waals surface area contributed by atoms with Gasteiger partial charge in [-0.05, 0) is 47.2 Å². The number of amides is 2. The second kappa shape index (κ2) is 10.7. The van der Waals surface area contributed by atoms with E-state index in [1.165, 1.54) is 15.8 Å². The van der Waals surface area contributed by atoms with E-state index in [2.05, 4.69) is 11.4 Å². The first kappa shape index (κ1) is 23.8. The van der Waals surface area contributed by atoms with Crippen LogP contribution in [0.1, 0.15) is 32.4 Å². The van der Waals surface area contributed by atoms with Crippen LogP contribution >= 0.6 is 34.5 Å². The summed E-state index contributed by atoms with van der Waals surface area (Å²) in [7, 11) is 1.57. The third kappa shape index (κ3) is 5.25. The Bertz CT molecular complexity index is 1140. The molecule has 1 aromatic heterocycles. The number of fused-ring (bicyclic) bond motifs is 1. The third-order valence-corrected chi connectivity index (χ3v) is 7.48. The quantitative estimate of drug-likeness (QED) is 0.439. The average molecular weight is 503 g/mol. The van der Waals surface area contributed by atoms with Crippen LogP contribution in [0, 0.1) is 0 Å². The van der Waals surface area contributed by atoms with Gasteiger partial charge in [-0.2, -0.15) is 0 Å². The summed E-state index contributed by atoms with van der Waals surface area (Å²) < 4.78 is 5.19. The Morgan fingerprint density at radius 1 is 1.12 bits per heavy atom. The van der Waals surface area contributed by atoms with Crippen molar-refractivity contribution < 1.29 is 14.3 Å². The predicted octanol–water partition coefficient (Wildman–Crippen LogP) is 5.32. The molecule has 0 aliphatic carbocycles. The van der Waals surface area contributed by atoms with Crippen molar-refractivity contribution in [1.82, 2.24) is 9.80 Å². The summed E-state index contributed by atoms with van der Waals surface area (Å²) in [4.78, 5) is 31.5. The summed E-state index contributed by atoms with van der Waals surface area (Å²) in [6, 6.07) is 16.7. The van der Waals surface area contributed by atoms with Crippen LogP contribution in [0.2, 0.25) is 10.0 Å². The van der Waals surface area contributed by atoms with Gasteiger partial charge in [0.25, 0.3) is 5.91 Å². The first-order valence-electron chi connectivity index (χ1n) is 10.6. The normalized spacial score (nSPS) is 15.2. The lowest BCUT2D eigenvalue weighted by atomic mass is 9.93. The lowest BCUT2D eigenvalue weighted by Crippen LogP contribution is -2.47. The highest BCUT2D eigenvalue weighted by Crippen LogP contribution is 2.37. The van der Waals surface area contributed by atoms with Crippen LogP contribution in [0.15, 0.2) is 60.0 Å². The van der Waals surface area contributed by atoms with E-state index in [9.17, 15) is 9.59 Å². The van der Waals surface area contributed by atoms with Gasteiger partial charge in [-0.15, -0.1) is 11.3 Å². The van der Waals surface area contributed by atoms with E-state index < -0.39 is 0 Å². The molecule has 1 unspecified atom stereocenters. The molecule has 0 saturated carbocycles. The van der Waals surface area contributed by atoms with Crippen molar-refractivity contribution in [3.8, 4) is 0 Å². The van der Waals surface area contributed by atoms with Crippen molar-refractivity contribution in [2.24, 2.45) is 0 Å². The molecule has 0 N–H and O–H groups in total. The van der Waals surface area contributed by atoms with Gasteiger partial charge < -0.3 is 14.5 Å². The molecule has 2 amide bonds. The number of rotatable bonds is 7. The van der Waals surface area contributed by atoms with Crippen LogP contribution in [0.4, 0.5) is 0 Å². The molecule has 0 fully saturated rings. The Morgan fingerprint density at radius 3 is 2.64 bits per heavy atom. The van der Waals surface area contributed by atoms with Crippen LogP contribution in [-0.4, -0.2) is 55.0 Å². The number of nitrogens with zero attached hydrogens (tertiary/aromatic N) is 2. The zero-order chi connectivity index (χ0) is 23.4. The maximum absolute atomic E-state index is 13.6. The minimum Gasteiger partial charge on any atom is -0.383 e. The van der Waals surface area contributed by atoms with Crippen LogP contribution in [0.3, 0.4) is 0 Å². The first-order valence-corrected chi connectivity index (χ1v) is 12.3. The van der Waals surface area contributed by atoms with Gasteiger partial charge in [-0.25, -0.2) is 0 Å². The van der Waals surface area contributed by atoms with E-state index in [4.69, 9.17) is 27.9 Å². The van der Waals surface area contributed by atoms with Gasteiger partial charge in [-0.1, -0.05) is 53.5 Å². The van der Waals surface area contributed by atoms with Gasteiger partial charge in [0.2, 0.25) is 5.91 Å². The number of carbonyl (C=O) groups is 2. The average Bonchev–Trinajstić information content (AvgIpc) is 3.31. The zero-order valence-electron chi connectivity index (χ0n) is 18.2. The molecule has 1 aliphatic rings. The monoisotopic (exact) mass is 502 g/mol. The highest BCUT2D eigenvalue weighted by Gasteiger charge is 2.34. The Labute approximate surface area is 207 Å². The topological polar surface area (TPSA) is 49.9 Å². The minimum atomic E-state index is -0.288.